The van der Waals surface area contributed by atoms with Crippen LogP contribution in [0.1, 0.15) is 32.6 Å². The molecule has 0 aliphatic carbocycles. The van der Waals surface area contributed by atoms with Gasteiger partial charge in [-0.15, -0.1) is 0 Å². The average Bonchev–Trinajstić information content (AvgIpc) is 2.39. The van der Waals surface area contributed by atoms with Gasteiger partial charge in [-0.3, -0.25) is 4.79 Å². The Balaban J connectivity index is 2.29. The predicted octanol–water partition coefficient (Wildman–Crippen LogP) is 2.21. The number of Topliss-reactive ketones (excluding diaryl/α,β-unsaturated/α-hetero) is 1. The summed E-state index contributed by atoms with van der Waals surface area (Å²) in [5, 5.41) is 0. The van der Waals surface area contributed by atoms with Gasteiger partial charge >= 0.3 is 0 Å². The highest BCUT2D eigenvalue weighted by Gasteiger charge is 2.33. The molecule has 0 amide bonds. The Labute approximate surface area is 114 Å². The SMILES string of the molecule is CC(=O)CC1CCCCN1S(=O)(=O)c1ccccc1. The maximum Gasteiger partial charge on any atom is 0.243 e. The molecular weight excluding hydrogens is 262 g/mol. The topological polar surface area (TPSA) is 54.5 Å². The van der Waals surface area contributed by atoms with Crippen LogP contribution in [0.15, 0.2) is 35.2 Å². The molecule has 1 aliphatic heterocycles. The molecule has 2 rings (SSSR count). The predicted molar refractivity (Wildman–Crippen MR) is 73.3 cm³/mol. The molecule has 1 atom stereocenters. The van der Waals surface area contributed by atoms with Crippen molar-refractivity contribution < 1.29 is 13.2 Å². The van der Waals surface area contributed by atoms with Gasteiger partial charge in [0.05, 0.1) is 4.90 Å². The molecule has 0 saturated carbocycles. The molecule has 1 saturated heterocycles. The first kappa shape index (κ1) is 14.2. The highest BCUT2D eigenvalue weighted by Crippen LogP contribution is 2.27. The number of benzene rings is 1. The Morgan fingerprint density at radius 3 is 2.58 bits per heavy atom. The van der Waals surface area contributed by atoms with Crippen LogP contribution in [0, 0.1) is 0 Å². The molecule has 1 aromatic carbocycles. The van der Waals surface area contributed by atoms with E-state index in [1.165, 1.54) is 11.2 Å². The van der Waals surface area contributed by atoms with Crippen LogP contribution in [0.2, 0.25) is 0 Å². The van der Waals surface area contributed by atoms with E-state index in [1.807, 2.05) is 0 Å². The van der Waals surface area contributed by atoms with Crippen molar-refractivity contribution in [1.29, 1.82) is 0 Å². The highest BCUT2D eigenvalue weighted by atomic mass is 32.2. The first-order valence-electron chi connectivity index (χ1n) is 6.58. The van der Waals surface area contributed by atoms with Gasteiger partial charge in [0.15, 0.2) is 0 Å². The lowest BCUT2D eigenvalue weighted by atomic mass is 10.0. The van der Waals surface area contributed by atoms with Gasteiger partial charge in [0.2, 0.25) is 10.0 Å². The summed E-state index contributed by atoms with van der Waals surface area (Å²) >= 11 is 0. The zero-order valence-corrected chi connectivity index (χ0v) is 11.9. The van der Waals surface area contributed by atoms with Crippen LogP contribution in [0.5, 0.6) is 0 Å². The van der Waals surface area contributed by atoms with Crippen LogP contribution in [0.4, 0.5) is 0 Å². The highest BCUT2D eigenvalue weighted by molar-refractivity contribution is 7.89. The standard InChI is InChI=1S/C14H19NO3S/c1-12(16)11-13-7-5-6-10-15(13)19(17,18)14-8-3-2-4-9-14/h2-4,8-9,13H,5-7,10-11H2,1H3. The number of rotatable bonds is 4. The van der Waals surface area contributed by atoms with Crippen LogP contribution in [0.25, 0.3) is 0 Å². The molecule has 4 nitrogen and oxygen atoms in total. The second kappa shape index (κ2) is 5.84. The summed E-state index contributed by atoms with van der Waals surface area (Å²) in [6.45, 7) is 2.02. The van der Waals surface area contributed by atoms with Crippen LogP contribution in [-0.2, 0) is 14.8 Å². The molecule has 1 aliphatic rings. The quantitative estimate of drug-likeness (QED) is 0.850. The number of carbonyl (C=O) groups excluding carboxylic acids is 1. The van der Waals surface area contributed by atoms with E-state index in [-0.39, 0.29) is 11.8 Å². The van der Waals surface area contributed by atoms with Gasteiger partial charge in [-0.2, -0.15) is 4.31 Å². The smallest absolute Gasteiger partial charge is 0.243 e. The number of carbonyl (C=O) groups is 1. The van der Waals surface area contributed by atoms with Gasteiger partial charge in [0.1, 0.15) is 5.78 Å². The third-order valence-electron chi connectivity index (χ3n) is 3.45. The summed E-state index contributed by atoms with van der Waals surface area (Å²) in [6, 6.07) is 8.26. The van der Waals surface area contributed by atoms with Gasteiger partial charge < -0.3 is 0 Å². The molecule has 19 heavy (non-hydrogen) atoms. The second-order valence-corrected chi connectivity index (χ2v) is 6.88. The van der Waals surface area contributed by atoms with Crippen LogP contribution in [-0.4, -0.2) is 31.1 Å². The number of nitrogens with zero attached hydrogens (tertiary/aromatic N) is 1. The summed E-state index contributed by atoms with van der Waals surface area (Å²) in [5.41, 5.74) is 0. The minimum atomic E-state index is -3.48. The zero-order valence-electron chi connectivity index (χ0n) is 11.1. The fourth-order valence-corrected chi connectivity index (χ4v) is 4.27. The first-order chi connectivity index (χ1) is 9.01. The molecule has 0 radical (unpaired) electrons. The molecule has 0 N–H and O–H groups in total. The van der Waals surface area contributed by atoms with Crippen LogP contribution in [0.3, 0.4) is 0 Å². The lowest BCUT2D eigenvalue weighted by molar-refractivity contribution is -0.118. The van der Waals surface area contributed by atoms with Crippen molar-refractivity contribution in [2.24, 2.45) is 0 Å². The van der Waals surface area contributed by atoms with Gasteiger partial charge in [-0.25, -0.2) is 8.42 Å². The first-order valence-corrected chi connectivity index (χ1v) is 8.02. The Morgan fingerprint density at radius 2 is 1.95 bits per heavy atom. The third-order valence-corrected chi connectivity index (χ3v) is 5.41. The average molecular weight is 281 g/mol. The summed E-state index contributed by atoms with van der Waals surface area (Å²) in [7, 11) is -3.48. The van der Waals surface area contributed by atoms with E-state index in [2.05, 4.69) is 0 Å². The maximum atomic E-state index is 12.6. The molecule has 1 fully saturated rings. The summed E-state index contributed by atoms with van der Waals surface area (Å²) < 4.78 is 26.7. The van der Waals surface area contributed by atoms with Crippen molar-refractivity contribution in [3.63, 3.8) is 0 Å². The summed E-state index contributed by atoms with van der Waals surface area (Å²) in [6.07, 6.45) is 2.93. The number of ketones is 1. The molecule has 104 valence electrons. The molecule has 5 heteroatoms. The largest absolute Gasteiger partial charge is 0.300 e. The van der Waals surface area contributed by atoms with Crippen LogP contribution >= 0.6 is 0 Å². The van der Waals surface area contributed by atoms with Crippen molar-refractivity contribution in [2.45, 2.75) is 43.5 Å². The number of sulfonamides is 1. The fourth-order valence-electron chi connectivity index (χ4n) is 2.55. The number of hydrogen-bond donors (Lipinski definition) is 0. The zero-order chi connectivity index (χ0) is 13.9. The summed E-state index contributed by atoms with van der Waals surface area (Å²) in [4.78, 5) is 11.6. The molecule has 0 spiro atoms. The van der Waals surface area contributed by atoms with E-state index in [4.69, 9.17) is 0 Å². The van der Waals surface area contributed by atoms with E-state index in [9.17, 15) is 13.2 Å². The molecule has 1 unspecified atom stereocenters. The molecular formula is C14H19NO3S. The monoisotopic (exact) mass is 281 g/mol. The van der Waals surface area contributed by atoms with Crippen molar-refractivity contribution in [3.05, 3.63) is 30.3 Å². The van der Waals surface area contributed by atoms with Crippen molar-refractivity contribution in [2.75, 3.05) is 6.54 Å². The van der Waals surface area contributed by atoms with E-state index in [0.29, 0.717) is 17.9 Å². The van der Waals surface area contributed by atoms with Gasteiger partial charge in [0.25, 0.3) is 0 Å². The van der Waals surface area contributed by atoms with Crippen molar-refractivity contribution in [3.8, 4) is 0 Å². The molecule has 1 aromatic rings. The van der Waals surface area contributed by atoms with Crippen LogP contribution < -0.4 is 0 Å². The van der Waals surface area contributed by atoms with Gasteiger partial charge in [-0.05, 0) is 31.9 Å². The Kier molecular flexibility index (Phi) is 4.37. The van der Waals surface area contributed by atoms with Gasteiger partial charge in [0, 0.05) is 19.0 Å². The number of hydrogen-bond acceptors (Lipinski definition) is 3. The van der Waals surface area contributed by atoms with E-state index < -0.39 is 10.0 Å². The molecule has 1 heterocycles. The van der Waals surface area contributed by atoms with Gasteiger partial charge in [-0.1, -0.05) is 24.6 Å². The Morgan fingerprint density at radius 1 is 1.26 bits per heavy atom. The Bertz CT molecular complexity index is 539. The second-order valence-electron chi connectivity index (χ2n) is 4.98. The van der Waals surface area contributed by atoms with E-state index in [1.54, 1.807) is 30.3 Å². The van der Waals surface area contributed by atoms with Crippen molar-refractivity contribution >= 4 is 15.8 Å². The number of piperidine rings is 1. The maximum absolute atomic E-state index is 12.6. The fraction of sp³-hybridized carbons (Fsp3) is 0.500. The molecule has 0 aromatic heterocycles. The lowest BCUT2D eigenvalue weighted by Gasteiger charge is -2.34. The minimum Gasteiger partial charge on any atom is -0.300 e. The van der Waals surface area contributed by atoms with Crippen molar-refractivity contribution in [1.82, 2.24) is 4.31 Å². The Hall–Kier alpha value is -1.20. The van der Waals surface area contributed by atoms with E-state index >= 15 is 0 Å². The molecule has 0 bridgehead atoms. The third kappa shape index (κ3) is 3.22. The summed E-state index contributed by atoms with van der Waals surface area (Å²) in [5.74, 6) is 0.0418. The lowest BCUT2D eigenvalue weighted by Crippen LogP contribution is -2.44. The normalized spacial score (nSPS) is 21.2. The minimum absolute atomic E-state index is 0.0418. The van der Waals surface area contributed by atoms with E-state index in [0.717, 1.165) is 19.3 Å².